The molecule has 2 aromatic rings. The van der Waals surface area contributed by atoms with Crippen LogP contribution >= 0.6 is 11.3 Å². The molecule has 16 heavy (non-hydrogen) atoms. The van der Waals surface area contributed by atoms with E-state index in [0.29, 0.717) is 0 Å². The van der Waals surface area contributed by atoms with Gasteiger partial charge < -0.3 is 9.73 Å². The Kier molecular flexibility index (Phi) is 3.74. The van der Waals surface area contributed by atoms with E-state index in [1.54, 1.807) is 11.3 Å². The van der Waals surface area contributed by atoms with Crippen LogP contribution in [0.2, 0.25) is 0 Å². The Morgan fingerprint density at radius 2 is 2.31 bits per heavy atom. The Morgan fingerprint density at radius 3 is 3.00 bits per heavy atom. The zero-order chi connectivity index (χ0) is 11.4. The van der Waals surface area contributed by atoms with Crippen molar-refractivity contribution in [2.24, 2.45) is 0 Å². The molecule has 0 atom stereocenters. The van der Waals surface area contributed by atoms with Crippen molar-refractivity contribution < 1.29 is 4.42 Å². The van der Waals surface area contributed by atoms with Gasteiger partial charge in [0.15, 0.2) is 12.2 Å². The monoisotopic (exact) mass is 236 g/mol. The third-order valence-electron chi connectivity index (χ3n) is 2.46. The molecular weight excluding hydrogens is 220 g/mol. The highest BCUT2D eigenvalue weighted by Gasteiger charge is 2.12. The minimum atomic E-state index is 0.773. The van der Waals surface area contributed by atoms with Crippen LogP contribution in [0, 0.1) is 6.92 Å². The minimum Gasteiger partial charge on any atom is -0.443 e. The quantitative estimate of drug-likeness (QED) is 0.810. The summed E-state index contributed by atoms with van der Waals surface area (Å²) in [5.41, 5.74) is 3.41. The molecule has 0 radical (unpaired) electrons. The van der Waals surface area contributed by atoms with Crippen molar-refractivity contribution in [2.75, 3.05) is 6.54 Å². The lowest BCUT2D eigenvalue weighted by Gasteiger charge is -2.02. The molecule has 2 aromatic heterocycles. The summed E-state index contributed by atoms with van der Waals surface area (Å²) < 4.78 is 5.48. The molecule has 0 saturated heterocycles. The van der Waals surface area contributed by atoms with Crippen LogP contribution in [0.5, 0.6) is 0 Å². The zero-order valence-corrected chi connectivity index (χ0v) is 10.4. The van der Waals surface area contributed by atoms with Gasteiger partial charge in [-0.1, -0.05) is 6.92 Å². The summed E-state index contributed by atoms with van der Waals surface area (Å²) in [5.74, 6) is 0.905. The van der Waals surface area contributed by atoms with Crippen molar-refractivity contribution in [3.8, 4) is 11.3 Å². The summed E-state index contributed by atoms with van der Waals surface area (Å²) >= 11 is 1.69. The number of aryl methyl sites for hydroxylation is 1. The SMILES string of the molecule is CCCNCc1ncoc1-c1cscc1C. The van der Waals surface area contributed by atoms with E-state index in [9.17, 15) is 0 Å². The van der Waals surface area contributed by atoms with E-state index in [4.69, 9.17) is 4.42 Å². The lowest BCUT2D eigenvalue weighted by molar-refractivity contribution is 0.569. The third-order valence-corrected chi connectivity index (χ3v) is 3.32. The van der Waals surface area contributed by atoms with Gasteiger partial charge >= 0.3 is 0 Å². The van der Waals surface area contributed by atoms with Gasteiger partial charge in [0, 0.05) is 17.5 Å². The smallest absolute Gasteiger partial charge is 0.181 e. The van der Waals surface area contributed by atoms with Crippen molar-refractivity contribution in [3.63, 3.8) is 0 Å². The molecule has 2 heterocycles. The van der Waals surface area contributed by atoms with E-state index in [2.05, 4.69) is 34.9 Å². The summed E-state index contributed by atoms with van der Waals surface area (Å²) in [5, 5.41) is 7.58. The Balaban J connectivity index is 2.16. The summed E-state index contributed by atoms with van der Waals surface area (Å²) in [4.78, 5) is 4.26. The van der Waals surface area contributed by atoms with Gasteiger partial charge in [-0.3, -0.25) is 0 Å². The first-order valence-electron chi connectivity index (χ1n) is 5.49. The van der Waals surface area contributed by atoms with Crippen LogP contribution in [0.4, 0.5) is 0 Å². The van der Waals surface area contributed by atoms with E-state index in [-0.39, 0.29) is 0 Å². The average Bonchev–Trinajstić information content (AvgIpc) is 2.87. The molecule has 3 nitrogen and oxygen atoms in total. The molecular formula is C12H16N2OS. The molecule has 86 valence electrons. The van der Waals surface area contributed by atoms with Crippen molar-refractivity contribution in [2.45, 2.75) is 26.8 Å². The Morgan fingerprint density at radius 1 is 1.44 bits per heavy atom. The largest absolute Gasteiger partial charge is 0.443 e. The molecule has 0 spiro atoms. The standard InChI is InChI=1S/C12H16N2OS/c1-3-4-13-5-11-12(15-8-14-11)10-7-16-6-9(10)2/h6-8,13H,3-5H2,1-2H3. The number of hydrogen-bond donors (Lipinski definition) is 1. The molecule has 2 rings (SSSR count). The van der Waals surface area contributed by atoms with E-state index in [1.807, 2.05) is 0 Å². The fraction of sp³-hybridized carbons (Fsp3) is 0.417. The fourth-order valence-corrected chi connectivity index (χ4v) is 2.42. The lowest BCUT2D eigenvalue weighted by Crippen LogP contribution is -2.14. The topological polar surface area (TPSA) is 38.1 Å². The number of aromatic nitrogens is 1. The highest BCUT2D eigenvalue weighted by atomic mass is 32.1. The average molecular weight is 236 g/mol. The van der Waals surface area contributed by atoms with Gasteiger partial charge in [-0.25, -0.2) is 4.98 Å². The van der Waals surface area contributed by atoms with Gasteiger partial charge in [0.25, 0.3) is 0 Å². The molecule has 0 saturated carbocycles. The predicted octanol–water partition coefficient (Wildman–Crippen LogP) is 3.21. The zero-order valence-electron chi connectivity index (χ0n) is 9.62. The van der Waals surface area contributed by atoms with E-state index in [0.717, 1.165) is 36.5 Å². The maximum atomic E-state index is 5.48. The highest BCUT2D eigenvalue weighted by Crippen LogP contribution is 2.29. The molecule has 0 aliphatic rings. The van der Waals surface area contributed by atoms with Crippen LogP contribution in [-0.2, 0) is 6.54 Å². The minimum absolute atomic E-state index is 0.773. The second-order valence-electron chi connectivity index (χ2n) is 3.77. The first kappa shape index (κ1) is 11.4. The molecule has 4 heteroatoms. The van der Waals surface area contributed by atoms with Crippen LogP contribution in [0.3, 0.4) is 0 Å². The number of rotatable bonds is 5. The van der Waals surface area contributed by atoms with Gasteiger partial charge in [-0.15, -0.1) is 0 Å². The van der Waals surface area contributed by atoms with Crippen molar-refractivity contribution in [1.29, 1.82) is 0 Å². The van der Waals surface area contributed by atoms with Crippen LogP contribution in [0.15, 0.2) is 21.6 Å². The number of nitrogens with one attached hydrogen (secondary N) is 1. The Labute approximate surface area is 99.5 Å². The Hall–Kier alpha value is -1.13. The first-order valence-corrected chi connectivity index (χ1v) is 6.43. The summed E-state index contributed by atoms with van der Waals surface area (Å²) in [6, 6.07) is 0. The number of oxazole rings is 1. The van der Waals surface area contributed by atoms with E-state index >= 15 is 0 Å². The second kappa shape index (κ2) is 5.27. The summed E-state index contributed by atoms with van der Waals surface area (Å²) in [6.45, 7) is 6.03. The molecule has 0 aromatic carbocycles. The van der Waals surface area contributed by atoms with Crippen molar-refractivity contribution in [3.05, 3.63) is 28.4 Å². The molecule has 0 aliphatic heterocycles. The number of thiophene rings is 1. The van der Waals surface area contributed by atoms with Gasteiger partial charge in [-0.05, 0) is 30.8 Å². The van der Waals surface area contributed by atoms with Gasteiger partial charge in [0.05, 0.1) is 0 Å². The maximum absolute atomic E-state index is 5.48. The Bertz CT molecular complexity index is 447. The number of nitrogens with zero attached hydrogens (tertiary/aromatic N) is 1. The normalized spacial score (nSPS) is 10.9. The summed E-state index contributed by atoms with van der Waals surface area (Å²) in [6.07, 6.45) is 2.65. The predicted molar refractivity (Wildman–Crippen MR) is 66.6 cm³/mol. The van der Waals surface area contributed by atoms with E-state index < -0.39 is 0 Å². The molecule has 1 N–H and O–H groups in total. The molecule has 0 fully saturated rings. The third kappa shape index (κ3) is 2.33. The van der Waals surface area contributed by atoms with Gasteiger partial charge in [0.2, 0.25) is 0 Å². The van der Waals surface area contributed by atoms with Crippen molar-refractivity contribution >= 4 is 11.3 Å². The first-order chi connectivity index (χ1) is 7.83. The van der Waals surface area contributed by atoms with Crippen LogP contribution in [0.1, 0.15) is 24.6 Å². The van der Waals surface area contributed by atoms with E-state index in [1.165, 1.54) is 12.0 Å². The van der Waals surface area contributed by atoms with Crippen LogP contribution in [0.25, 0.3) is 11.3 Å². The molecule has 0 aliphatic carbocycles. The highest BCUT2D eigenvalue weighted by molar-refractivity contribution is 7.08. The van der Waals surface area contributed by atoms with Crippen LogP contribution < -0.4 is 5.32 Å². The fourth-order valence-electron chi connectivity index (χ4n) is 1.59. The van der Waals surface area contributed by atoms with Crippen molar-refractivity contribution in [1.82, 2.24) is 10.3 Å². The summed E-state index contributed by atoms with van der Waals surface area (Å²) in [7, 11) is 0. The van der Waals surface area contributed by atoms with Gasteiger partial charge in [0.1, 0.15) is 5.69 Å². The van der Waals surface area contributed by atoms with Gasteiger partial charge in [-0.2, -0.15) is 11.3 Å². The molecule has 0 bridgehead atoms. The molecule has 0 amide bonds. The maximum Gasteiger partial charge on any atom is 0.181 e. The van der Waals surface area contributed by atoms with Crippen LogP contribution in [-0.4, -0.2) is 11.5 Å². The second-order valence-corrected chi connectivity index (χ2v) is 4.52. The number of hydrogen-bond acceptors (Lipinski definition) is 4. The lowest BCUT2D eigenvalue weighted by atomic mass is 10.1. The molecule has 0 unspecified atom stereocenters.